The molecular formula is C7H12N2O4. The van der Waals surface area contributed by atoms with Crippen LogP contribution in [0.3, 0.4) is 0 Å². The van der Waals surface area contributed by atoms with Gasteiger partial charge in [0.1, 0.15) is 6.54 Å². The third-order valence-corrected chi connectivity index (χ3v) is 1.36. The molecule has 0 aromatic carbocycles. The second-order valence-corrected chi connectivity index (χ2v) is 2.55. The molecule has 0 atom stereocenters. The van der Waals surface area contributed by atoms with Crippen molar-refractivity contribution >= 4 is 17.8 Å². The fraction of sp³-hybridized carbons (Fsp3) is 0.571. The Kier molecular flexibility index (Phi) is 4.50. The molecule has 2 N–H and O–H groups in total. The number of hydrogen-bond donors (Lipinski definition) is 2. The second-order valence-electron chi connectivity index (χ2n) is 2.55. The van der Waals surface area contributed by atoms with E-state index in [4.69, 9.17) is 5.11 Å². The van der Waals surface area contributed by atoms with Crippen LogP contribution in [-0.2, 0) is 14.4 Å². The summed E-state index contributed by atoms with van der Waals surface area (Å²) in [6.07, 6.45) is 0. The van der Waals surface area contributed by atoms with Crippen molar-refractivity contribution in [1.82, 2.24) is 10.2 Å². The van der Waals surface area contributed by atoms with Gasteiger partial charge in [-0.15, -0.1) is 0 Å². The molecule has 0 bridgehead atoms. The molecule has 0 radical (unpaired) electrons. The molecule has 0 aliphatic carbocycles. The molecule has 0 aromatic rings. The maximum Gasteiger partial charge on any atom is 0.322 e. The summed E-state index contributed by atoms with van der Waals surface area (Å²) < 4.78 is 0. The molecule has 2 amide bonds. The van der Waals surface area contributed by atoms with Gasteiger partial charge in [-0.25, -0.2) is 0 Å². The van der Waals surface area contributed by atoms with Crippen molar-refractivity contribution in [3.05, 3.63) is 0 Å². The number of carbonyl (C=O) groups excluding carboxylic acids is 2. The Morgan fingerprint density at radius 2 is 1.92 bits per heavy atom. The van der Waals surface area contributed by atoms with Crippen molar-refractivity contribution in [3.8, 4) is 0 Å². The average molecular weight is 188 g/mol. The fourth-order valence-corrected chi connectivity index (χ4v) is 0.557. The lowest BCUT2D eigenvalue weighted by Gasteiger charge is -2.13. The summed E-state index contributed by atoms with van der Waals surface area (Å²) in [5.74, 6) is -1.84. The molecule has 0 aliphatic heterocycles. The van der Waals surface area contributed by atoms with Gasteiger partial charge in [-0.3, -0.25) is 14.4 Å². The second kappa shape index (κ2) is 5.13. The van der Waals surface area contributed by atoms with Gasteiger partial charge in [-0.1, -0.05) is 0 Å². The molecule has 0 fully saturated rings. The number of carboxylic acids is 1. The van der Waals surface area contributed by atoms with Crippen molar-refractivity contribution in [2.24, 2.45) is 0 Å². The molecule has 0 heterocycles. The Bertz CT molecular complexity index is 227. The standard InChI is InChI=1S/C7H12N2O4/c1-5(10)9(2)4-6(11)8-3-7(12)13/h3-4H2,1-2H3,(H,8,11)(H,12,13). The van der Waals surface area contributed by atoms with Crippen LogP contribution in [-0.4, -0.2) is 47.9 Å². The van der Waals surface area contributed by atoms with E-state index in [2.05, 4.69) is 5.32 Å². The van der Waals surface area contributed by atoms with E-state index in [9.17, 15) is 14.4 Å². The Labute approximate surface area is 75.5 Å². The van der Waals surface area contributed by atoms with E-state index in [0.29, 0.717) is 0 Å². The molecule has 0 aromatic heterocycles. The summed E-state index contributed by atoms with van der Waals surface area (Å²) >= 11 is 0. The summed E-state index contributed by atoms with van der Waals surface area (Å²) in [7, 11) is 1.46. The molecule has 0 rings (SSSR count). The van der Waals surface area contributed by atoms with Crippen molar-refractivity contribution in [1.29, 1.82) is 0 Å². The number of carbonyl (C=O) groups is 3. The molecule has 0 saturated heterocycles. The van der Waals surface area contributed by atoms with Gasteiger partial charge in [0.05, 0.1) is 6.54 Å². The first-order chi connectivity index (χ1) is 5.93. The zero-order valence-electron chi connectivity index (χ0n) is 7.53. The lowest BCUT2D eigenvalue weighted by atomic mass is 10.5. The predicted octanol–water partition coefficient (Wildman–Crippen LogP) is -1.33. The highest BCUT2D eigenvalue weighted by Crippen LogP contribution is 1.82. The zero-order valence-corrected chi connectivity index (χ0v) is 7.53. The van der Waals surface area contributed by atoms with Gasteiger partial charge in [-0.2, -0.15) is 0 Å². The first kappa shape index (κ1) is 11.4. The highest BCUT2D eigenvalue weighted by atomic mass is 16.4. The van der Waals surface area contributed by atoms with Crippen LogP contribution in [0.2, 0.25) is 0 Å². The van der Waals surface area contributed by atoms with Gasteiger partial charge >= 0.3 is 5.97 Å². The van der Waals surface area contributed by atoms with Gasteiger partial charge in [0.15, 0.2) is 0 Å². The Balaban J connectivity index is 3.74. The van der Waals surface area contributed by atoms with Crippen LogP contribution in [0.4, 0.5) is 0 Å². The minimum atomic E-state index is -1.11. The van der Waals surface area contributed by atoms with Gasteiger partial charge < -0.3 is 15.3 Å². The number of amides is 2. The average Bonchev–Trinajstić information content (AvgIpc) is 2.00. The lowest BCUT2D eigenvalue weighted by Crippen LogP contribution is -2.39. The van der Waals surface area contributed by atoms with Crippen LogP contribution >= 0.6 is 0 Å². The summed E-state index contributed by atoms with van der Waals surface area (Å²) in [5.41, 5.74) is 0. The lowest BCUT2D eigenvalue weighted by molar-refractivity contribution is -0.138. The molecule has 0 aliphatic rings. The van der Waals surface area contributed by atoms with Gasteiger partial charge in [0.25, 0.3) is 0 Å². The Morgan fingerprint density at radius 3 is 2.31 bits per heavy atom. The molecule has 0 spiro atoms. The van der Waals surface area contributed by atoms with E-state index in [0.717, 1.165) is 0 Å². The SMILES string of the molecule is CC(=O)N(C)CC(=O)NCC(=O)O. The van der Waals surface area contributed by atoms with Crippen LogP contribution in [0.5, 0.6) is 0 Å². The van der Waals surface area contributed by atoms with Crippen LogP contribution in [0, 0.1) is 0 Å². The smallest absolute Gasteiger partial charge is 0.322 e. The topological polar surface area (TPSA) is 86.7 Å². The van der Waals surface area contributed by atoms with Crippen LogP contribution < -0.4 is 5.32 Å². The summed E-state index contributed by atoms with van der Waals surface area (Å²) in [4.78, 5) is 32.8. The summed E-state index contributed by atoms with van der Waals surface area (Å²) in [5, 5.41) is 10.3. The number of nitrogens with zero attached hydrogens (tertiary/aromatic N) is 1. The maximum absolute atomic E-state index is 10.9. The monoisotopic (exact) mass is 188 g/mol. The van der Waals surface area contributed by atoms with E-state index in [1.165, 1.54) is 18.9 Å². The number of aliphatic carboxylic acids is 1. The highest BCUT2D eigenvalue weighted by Gasteiger charge is 2.08. The highest BCUT2D eigenvalue weighted by molar-refractivity contribution is 5.85. The van der Waals surface area contributed by atoms with Crippen LogP contribution in [0.25, 0.3) is 0 Å². The largest absolute Gasteiger partial charge is 0.480 e. The van der Waals surface area contributed by atoms with E-state index in [-0.39, 0.29) is 12.5 Å². The van der Waals surface area contributed by atoms with E-state index in [1.807, 2.05) is 0 Å². The molecular weight excluding hydrogens is 176 g/mol. The molecule has 0 saturated carbocycles. The third-order valence-electron chi connectivity index (χ3n) is 1.36. The van der Waals surface area contributed by atoms with Crippen LogP contribution in [0.15, 0.2) is 0 Å². The zero-order chi connectivity index (χ0) is 10.4. The first-order valence-corrected chi connectivity index (χ1v) is 3.63. The minimum Gasteiger partial charge on any atom is -0.480 e. The normalized spacial score (nSPS) is 9.08. The Hall–Kier alpha value is -1.59. The quantitative estimate of drug-likeness (QED) is 0.572. The first-order valence-electron chi connectivity index (χ1n) is 3.63. The summed E-state index contributed by atoms with van der Waals surface area (Å²) in [6, 6.07) is 0. The van der Waals surface area contributed by atoms with E-state index < -0.39 is 18.4 Å². The van der Waals surface area contributed by atoms with Crippen LogP contribution in [0.1, 0.15) is 6.92 Å². The number of carboxylic acid groups (broad SMARTS) is 1. The molecule has 74 valence electrons. The predicted molar refractivity (Wildman–Crippen MR) is 44.0 cm³/mol. The summed E-state index contributed by atoms with van der Waals surface area (Å²) in [6.45, 7) is 0.775. The minimum absolute atomic E-state index is 0.122. The van der Waals surface area contributed by atoms with Crippen molar-refractivity contribution in [2.75, 3.05) is 20.1 Å². The van der Waals surface area contributed by atoms with Gasteiger partial charge in [0.2, 0.25) is 11.8 Å². The number of hydrogen-bond acceptors (Lipinski definition) is 3. The molecule has 0 unspecified atom stereocenters. The number of likely N-dealkylation sites (N-methyl/N-ethyl adjacent to an activating group) is 1. The van der Waals surface area contributed by atoms with Crippen molar-refractivity contribution in [3.63, 3.8) is 0 Å². The van der Waals surface area contributed by atoms with Crippen molar-refractivity contribution in [2.45, 2.75) is 6.92 Å². The third kappa shape index (κ3) is 5.66. The molecule has 6 heteroatoms. The number of rotatable bonds is 4. The molecule has 13 heavy (non-hydrogen) atoms. The van der Waals surface area contributed by atoms with Gasteiger partial charge in [0, 0.05) is 14.0 Å². The molecule has 6 nitrogen and oxygen atoms in total. The van der Waals surface area contributed by atoms with E-state index >= 15 is 0 Å². The maximum atomic E-state index is 10.9. The van der Waals surface area contributed by atoms with Gasteiger partial charge in [-0.05, 0) is 0 Å². The number of nitrogens with one attached hydrogen (secondary N) is 1. The van der Waals surface area contributed by atoms with E-state index in [1.54, 1.807) is 0 Å². The fourth-order valence-electron chi connectivity index (χ4n) is 0.557. The van der Waals surface area contributed by atoms with Crippen molar-refractivity contribution < 1.29 is 19.5 Å². The Morgan fingerprint density at radius 1 is 1.38 bits per heavy atom.